The van der Waals surface area contributed by atoms with Gasteiger partial charge in [-0.05, 0) is 42.3 Å². The summed E-state index contributed by atoms with van der Waals surface area (Å²) in [5, 5.41) is 3.09. The summed E-state index contributed by atoms with van der Waals surface area (Å²) in [6.45, 7) is 1.63. The molecule has 0 saturated carbocycles. The summed E-state index contributed by atoms with van der Waals surface area (Å²) in [5.41, 5.74) is 2.50. The zero-order valence-corrected chi connectivity index (χ0v) is 17.2. The lowest BCUT2D eigenvalue weighted by Gasteiger charge is -2.25. The summed E-state index contributed by atoms with van der Waals surface area (Å²) in [5.74, 6) is 0.646. The molecule has 6 nitrogen and oxygen atoms in total. The van der Waals surface area contributed by atoms with Crippen molar-refractivity contribution in [3.63, 3.8) is 0 Å². The second-order valence-corrected chi connectivity index (χ2v) is 7.55. The fourth-order valence-electron chi connectivity index (χ4n) is 3.63. The molecule has 0 aliphatic carbocycles. The molecule has 3 aromatic rings. The van der Waals surface area contributed by atoms with Gasteiger partial charge < -0.3 is 15.0 Å². The normalized spacial score (nSPS) is 14.3. The van der Waals surface area contributed by atoms with Crippen molar-refractivity contribution in [2.24, 2.45) is 0 Å². The topological polar surface area (TPSA) is 71.5 Å². The Labute approximate surface area is 181 Å². The highest BCUT2D eigenvalue weighted by molar-refractivity contribution is 5.94. The molecule has 4 rings (SSSR count). The SMILES string of the molecule is O=C(N[C@@H](CN1CCCC1=O)c1ccccc1)c1ccc(OCc2cccnc2)cc1. The van der Waals surface area contributed by atoms with E-state index in [0.29, 0.717) is 30.9 Å². The molecule has 0 spiro atoms. The van der Waals surface area contributed by atoms with E-state index in [0.717, 1.165) is 24.1 Å². The van der Waals surface area contributed by atoms with Crippen molar-refractivity contribution < 1.29 is 14.3 Å². The van der Waals surface area contributed by atoms with Gasteiger partial charge in [-0.25, -0.2) is 0 Å². The highest BCUT2D eigenvalue weighted by atomic mass is 16.5. The van der Waals surface area contributed by atoms with Gasteiger partial charge in [0.2, 0.25) is 5.91 Å². The van der Waals surface area contributed by atoms with Gasteiger partial charge in [-0.15, -0.1) is 0 Å². The minimum atomic E-state index is -0.266. The van der Waals surface area contributed by atoms with Crippen molar-refractivity contribution in [3.8, 4) is 5.75 Å². The van der Waals surface area contributed by atoms with Crippen molar-refractivity contribution in [1.82, 2.24) is 15.2 Å². The van der Waals surface area contributed by atoms with E-state index >= 15 is 0 Å². The highest BCUT2D eigenvalue weighted by Gasteiger charge is 2.25. The summed E-state index contributed by atoms with van der Waals surface area (Å²) in [4.78, 5) is 30.9. The molecule has 2 amide bonds. The van der Waals surface area contributed by atoms with Gasteiger partial charge in [0.15, 0.2) is 0 Å². The van der Waals surface area contributed by atoms with Crippen molar-refractivity contribution in [2.75, 3.05) is 13.1 Å². The van der Waals surface area contributed by atoms with E-state index in [1.54, 1.807) is 36.7 Å². The number of hydrogen-bond acceptors (Lipinski definition) is 4. The number of nitrogens with one attached hydrogen (secondary N) is 1. The highest BCUT2D eigenvalue weighted by Crippen LogP contribution is 2.20. The standard InChI is InChI=1S/C25H25N3O3/c29-24-9-5-15-28(24)17-23(20-7-2-1-3-8-20)27-25(30)21-10-12-22(13-11-21)31-18-19-6-4-14-26-16-19/h1-4,6-8,10-14,16,23H,5,9,15,17-18H2,(H,27,30)/t23-/m0/s1. The zero-order valence-electron chi connectivity index (χ0n) is 17.2. The minimum absolute atomic E-state index is 0.144. The number of carbonyl (C=O) groups excluding carboxylic acids is 2. The Morgan fingerprint density at radius 3 is 2.55 bits per heavy atom. The molecule has 1 aliphatic heterocycles. The lowest BCUT2D eigenvalue weighted by Crippen LogP contribution is -2.38. The van der Waals surface area contributed by atoms with Crippen LogP contribution < -0.4 is 10.1 Å². The monoisotopic (exact) mass is 415 g/mol. The zero-order chi connectivity index (χ0) is 21.5. The van der Waals surface area contributed by atoms with Gasteiger partial charge in [0, 0.05) is 43.0 Å². The maximum atomic E-state index is 12.9. The number of nitrogens with zero attached hydrogens (tertiary/aromatic N) is 2. The number of pyridine rings is 1. The van der Waals surface area contributed by atoms with Crippen LogP contribution in [-0.4, -0.2) is 34.8 Å². The van der Waals surface area contributed by atoms with Crippen LogP contribution >= 0.6 is 0 Å². The number of aromatic nitrogens is 1. The van der Waals surface area contributed by atoms with Crippen LogP contribution in [0.15, 0.2) is 79.1 Å². The second-order valence-electron chi connectivity index (χ2n) is 7.55. The molecule has 1 saturated heterocycles. The molecule has 1 fully saturated rings. The smallest absolute Gasteiger partial charge is 0.251 e. The van der Waals surface area contributed by atoms with Crippen molar-refractivity contribution >= 4 is 11.8 Å². The summed E-state index contributed by atoms with van der Waals surface area (Å²) in [6, 6.07) is 20.4. The third-order valence-electron chi connectivity index (χ3n) is 5.33. The maximum Gasteiger partial charge on any atom is 0.251 e. The first kappa shape index (κ1) is 20.6. The van der Waals surface area contributed by atoms with Crippen molar-refractivity contribution in [2.45, 2.75) is 25.5 Å². The van der Waals surface area contributed by atoms with Crippen LogP contribution in [0.1, 0.15) is 40.4 Å². The Hall–Kier alpha value is -3.67. The van der Waals surface area contributed by atoms with Gasteiger partial charge in [-0.2, -0.15) is 0 Å². The predicted octanol–water partition coefficient (Wildman–Crippen LogP) is 3.75. The summed E-state index contributed by atoms with van der Waals surface area (Å²) in [6.07, 6.45) is 4.93. The number of hydrogen-bond donors (Lipinski definition) is 1. The number of carbonyl (C=O) groups is 2. The van der Waals surface area contributed by atoms with E-state index < -0.39 is 0 Å². The molecule has 2 aromatic carbocycles. The van der Waals surface area contributed by atoms with E-state index in [2.05, 4.69) is 10.3 Å². The molecule has 2 heterocycles. The van der Waals surface area contributed by atoms with Gasteiger partial charge in [0.1, 0.15) is 12.4 Å². The van der Waals surface area contributed by atoms with Gasteiger partial charge in [0.25, 0.3) is 5.91 Å². The fourth-order valence-corrected chi connectivity index (χ4v) is 3.63. The summed E-state index contributed by atoms with van der Waals surface area (Å²) < 4.78 is 5.76. The Bertz CT molecular complexity index is 1010. The molecule has 158 valence electrons. The van der Waals surface area contributed by atoms with Gasteiger partial charge in [0.05, 0.1) is 6.04 Å². The van der Waals surface area contributed by atoms with Crippen molar-refractivity contribution in [1.29, 1.82) is 0 Å². The third-order valence-corrected chi connectivity index (χ3v) is 5.33. The Kier molecular flexibility index (Phi) is 6.57. The number of benzene rings is 2. The van der Waals surface area contributed by atoms with Crippen LogP contribution in [0.5, 0.6) is 5.75 Å². The third kappa shape index (κ3) is 5.48. The molecule has 0 bridgehead atoms. The molecule has 1 N–H and O–H groups in total. The maximum absolute atomic E-state index is 12.9. The molecule has 1 atom stereocenters. The lowest BCUT2D eigenvalue weighted by molar-refractivity contribution is -0.128. The van der Waals surface area contributed by atoms with Crippen LogP contribution in [-0.2, 0) is 11.4 Å². The fraction of sp³-hybridized carbons (Fsp3) is 0.240. The van der Waals surface area contributed by atoms with E-state index in [1.807, 2.05) is 47.4 Å². The molecule has 6 heteroatoms. The number of ether oxygens (including phenoxy) is 1. The average molecular weight is 415 g/mol. The Balaban J connectivity index is 1.41. The molecular weight excluding hydrogens is 390 g/mol. The first-order valence-corrected chi connectivity index (χ1v) is 10.4. The lowest BCUT2D eigenvalue weighted by atomic mass is 10.1. The quantitative estimate of drug-likeness (QED) is 0.608. The van der Waals surface area contributed by atoms with Gasteiger partial charge in [-0.3, -0.25) is 14.6 Å². The van der Waals surface area contributed by atoms with E-state index in [-0.39, 0.29) is 17.9 Å². The van der Waals surface area contributed by atoms with Gasteiger partial charge >= 0.3 is 0 Å². The second kappa shape index (κ2) is 9.89. The van der Waals surface area contributed by atoms with Crippen LogP contribution in [0, 0.1) is 0 Å². The van der Waals surface area contributed by atoms with Gasteiger partial charge in [-0.1, -0.05) is 36.4 Å². The summed E-state index contributed by atoms with van der Waals surface area (Å²) in [7, 11) is 0. The van der Waals surface area contributed by atoms with Crippen LogP contribution in [0.3, 0.4) is 0 Å². The molecule has 1 aromatic heterocycles. The first-order valence-electron chi connectivity index (χ1n) is 10.4. The van der Waals surface area contributed by atoms with E-state index in [1.165, 1.54) is 0 Å². The van der Waals surface area contributed by atoms with Crippen LogP contribution in [0.25, 0.3) is 0 Å². The number of amides is 2. The largest absolute Gasteiger partial charge is 0.489 e. The molecule has 0 radical (unpaired) electrons. The van der Waals surface area contributed by atoms with Crippen molar-refractivity contribution in [3.05, 3.63) is 95.8 Å². The minimum Gasteiger partial charge on any atom is -0.489 e. The summed E-state index contributed by atoms with van der Waals surface area (Å²) >= 11 is 0. The van der Waals surface area contributed by atoms with E-state index in [4.69, 9.17) is 4.74 Å². The number of likely N-dealkylation sites (tertiary alicyclic amines) is 1. The van der Waals surface area contributed by atoms with Crippen LogP contribution in [0.2, 0.25) is 0 Å². The van der Waals surface area contributed by atoms with Crippen LogP contribution in [0.4, 0.5) is 0 Å². The number of rotatable bonds is 8. The first-order chi connectivity index (χ1) is 15.2. The molecule has 0 unspecified atom stereocenters. The molecule has 31 heavy (non-hydrogen) atoms. The average Bonchev–Trinajstić information content (AvgIpc) is 3.23. The Morgan fingerprint density at radius 1 is 1.06 bits per heavy atom. The predicted molar refractivity (Wildman–Crippen MR) is 117 cm³/mol. The molecular formula is C25H25N3O3. The molecule has 1 aliphatic rings. The van der Waals surface area contributed by atoms with E-state index in [9.17, 15) is 9.59 Å². The Morgan fingerprint density at radius 2 is 1.87 bits per heavy atom.